The maximum Gasteiger partial charge on any atom is 0.430 e. The molecule has 9 heavy (non-hydrogen) atoms. The zero-order valence-corrected chi connectivity index (χ0v) is 5.23. The van der Waals surface area contributed by atoms with Gasteiger partial charge >= 0.3 is 10.4 Å². The van der Waals surface area contributed by atoms with Crippen LogP contribution in [-0.2, 0) is 19.0 Å². The third-order valence-electron chi connectivity index (χ3n) is 0.407. The van der Waals surface area contributed by atoms with E-state index in [2.05, 4.69) is 15.1 Å². The Morgan fingerprint density at radius 2 is 2.22 bits per heavy atom. The van der Waals surface area contributed by atoms with Crippen LogP contribution >= 0.6 is 0 Å². The van der Waals surface area contributed by atoms with Gasteiger partial charge in [-0.3, -0.25) is 0 Å². The Morgan fingerprint density at radius 3 is 2.56 bits per heavy atom. The summed E-state index contributed by atoms with van der Waals surface area (Å²) >= 11 is 0. The lowest BCUT2D eigenvalue weighted by atomic mass is 10.7. The van der Waals surface area contributed by atoms with Crippen molar-refractivity contribution in [2.45, 2.75) is 0 Å². The first-order valence-corrected chi connectivity index (χ1v) is 3.26. The molecule has 0 aromatic carbocycles. The van der Waals surface area contributed by atoms with Gasteiger partial charge in [-0.2, -0.15) is 8.42 Å². The minimum atomic E-state index is -4.42. The lowest BCUT2D eigenvalue weighted by molar-refractivity contribution is -0.0166. The molecule has 0 heterocycles. The van der Waals surface area contributed by atoms with Crippen molar-refractivity contribution in [2.24, 2.45) is 0 Å². The van der Waals surface area contributed by atoms with Crippen LogP contribution in [0.5, 0.6) is 0 Å². The molecule has 0 aliphatic heterocycles. The highest BCUT2D eigenvalue weighted by Crippen LogP contribution is 1.94. The molecule has 0 rings (SSSR count). The van der Waals surface area contributed by atoms with Gasteiger partial charge in [0.15, 0.2) is 0 Å². The van der Waals surface area contributed by atoms with E-state index < -0.39 is 10.4 Å². The highest BCUT2D eigenvalue weighted by atomic mass is 32.3. The van der Waals surface area contributed by atoms with Gasteiger partial charge in [-0.25, -0.2) is 4.18 Å². The fourth-order valence-corrected chi connectivity index (χ4v) is 0.449. The fraction of sp³-hybridized carbons (Fsp3) is 0.333. The van der Waals surface area contributed by atoms with E-state index in [0.717, 1.165) is 6.08 Å². The smallest absolute Gasteiger partial charge is 0.242 e. The molecule has 0 aromatic rings. The molecule has 0 unspecified atom stereocenters. The number of hydrogen-bond donors (Lipinski definition) is 0. The van der Waals surface area contributed by atoms with Crippen molar-refractivity contribution in [3.8, 4) is 0 Å². The molecule has 0 bridgehead atoms. The van der Waals surface area contributed by atoms with E-state index >= 15 is 0 Å². The Balaban J connectivity index is 3.74. The van der Waals surface area contributed by atoms with Crippen LogP contribution < -0.4 is 0 Å². The topological polar surface area (TPSA) is 52.6 Å². The molecule has 0 aromatic heterocycles. The highest BCUT2D eigenvalue weighted by Gasteiger charge is 2.09. The second-order valence-corrected chi connectivity index (χ2v) is 2.22. The summed E-state index contributed by atoms with van der Waals surface area (Å²) in [6.07, 6.45) is 1.15. The van der Waals surface area contributed by atoms with Crippen molar-refractivity contribution in [3.63, 3.8) is 0 Å². The maximum atomic E-state index is 10.8. The summed E-state index contributed by atoms with van der Waals surface area (Å²) in [5, 5.41) is 0. The lowest BCUT2D eigenvalue weighted by Gasteiger charge is -1.92. The van der Waals surface area contributed by atoms with E-state index in [9.17, 15) is 12.9 Å². The van der Waals surface area contributed by atoms with Gasteiger partial charge in [0.1, 0.15) is 0 Å². The van der Waals surface area contributed by atoms with E-state index in [1.165, 1.54) is 0 Å². The van der Waals surface area contributed by atoms with Crippen LogP contribution in [0.25, 0.3) is 0 Å². The van der Waals surface area contributed by atoms with E-state index in [-0.39, 0.29) is 6.61 Å². The molecule has 0 N–H and O–H groups in total. The summed E-state index contributed by atoms with van der Waals surface area (Å²) in [7, 11) is -4.42. The molecule has 0 spiro atoms. The van der Waals surface area contributed by atoms with Gasteiger partial charge in [-0.15, -0.1) is 6.58 Å². The molecule has 54 valence electrons. The van der Waals surface area contributed by atoms with Gasteiger partial charge in [0, 0.05) is 0 Å². The van der Waals surface area contributed by atoms with Crippen molar-refractivity contribution in [3.05, 3.63) is 12.7 Å². The molecule has 0 aliphatic rings. The molecule has 0 atom stereocenters. The van der Waals surface area contributed by atoms with E-state index in [1.54, 1.807) is 0 Å². The van der Waals surface area contributed by atoms with Crippen LogP contribution in [0.2, 0.25) is 0 Å². The van der Waals surface area contributed by atoms with Crippen LogP contribution in [0.4, 0.5) is 4.53 Å². The van der Waals surface area contributed by atoms with Gasteiger partial charge in [0.2, 0.25) is 0 Å². The fourth-order valence-electron chi connectivity index (χ4n) is 0.150. The summed E-state index contributed by atoms with van der Waals surface area (Å²) in [4.78, 5) is 0. The molecule has 0 radical (unpaired) electrons. The largest absolute Gasteiger partial charge is 0.430 e. The second kappa shape index (κ2) is 3.54. The summed E-state index contributed by atoms with van der Waals surface area (Å²) in [5.74, 6) is 0. The lowest BCUT2D eigenvalue weighted by Crippen LogP contribution is -2.04. The van der Waals surface area contributed by atoms with Crippen molar-refractivity contribution >= 4 is 10.4 Å². The van der Waals surface area contributed by atoms with Crippen LogP contribution in [0.3, 0.4) is 0 Å². The predicted octanol–water partition coefficient (Wildman–Crippen LogP) is 0.335. The van der Waals surface area contributed by atoms with Crippen LogP contribution in [0.1, 0.15) is 0 Å². The summed E-state index contributed by atoms with van der Waals surface area (Å²) in [6, 6.07) is 0. The molecule has 0 fully saturated rings. The Morgan fingerprint density at radius 1 is 1.67 bits per heavy atom. The standard InChI is InChI=1S/C3H5FO4S/c1-2-3-7-9(5,6)8-4/h2H,1,3H2. The van der Waals surface area contributed by atoms with Crippen molar-refractivity contribution in [1.82, 2.24) is 0 Å². The van der Waals surface area contributed by atoms with Gasteiger partial charge in [0.25, 0.3) is 0 Å². The van der Waals surface area contributed by atoms with Crippen molar-refractivity contribution < 1.29 is 21.5 Å². The first kappa shape index (κ1) is 8.54. The van der Waals surface area contributed by atoms with Gasteiger partial charge < -0.3 is 0 Å². The number of rotatable bonds is 4. The third-order valence-corrected chi connectivity index (χ3v) is 0.986. The maximum absolute atomic E-state index is 10.8. The Labute approximate surface area is 52.1 Å². The van der Waals surface area contributed by atoms with E-state index in [0.29, 0.717) is 0 Å². The van der Waals surface area contributed by atoms with Crippen LogP contribution in [-0.4, -0.2) is 15.0 Å². The Bertz CT molecular complexity index is 172. The molecular formula is C3H5FO4S. The third kappa shape index (κ3) is 4.07. The quantitative estimate of drug-likeness (QED) is 0.550. The minimum Gasteiger partial charge on any atom is -0.242 e. The van der Waals surface area contributed by atoms with E-state index in [4.69, 9.17) is 0 Å². The Kier molecular flexibility index (Phi) is 3.36. The zero-order valence-electron chi connectivity index (χ0n) is 4.41. The van der Waals surface area contributed by atoms with Gasteiger partial charge in [-0.1, -0.05) is 6.08 Å². The van der Waals surface area contributed by atoms with Crippen molar-refractivity contribution in [1.29, 1.82) is 0 Å². The van der Waals surface area contributed by atoms with Crippen LogP contribution in [0, 0.1) is 0 Å². The molecular weight excluding hydrogens is 151 g/mol. The SMILES string of the molecule is C=CCOS(=O)(=O)OF. The number of halogens is 1. The monoisotopic (exact) mass is 156 g/mol. The molecule has 0 saturated heterocycles. The Hall–Kier alpha value is -0.460. The van der Waals surface area contributed by atoms with Crippen LogP contribution in [0.15, 0.2) is 12.7 Å². The number of hydrogen-bond acceptors (Lipinski definition) is 4. The molecule has 0 saturated carbocycles. The van der Waals surface area contributed by atoms with Gasteiger partial charge in [0.05, 0.1) is 6.61 Å². The van der Waals surface area contributed by atoms with E-state index in [1.807, 2.05) is 0 Å². The summed E-state index contributed by atoms with van der Waals surface area (Å²) in [6.45, 7) is 2.83. The normalized spacial score (nSPS) is 11.2. The molecule has 6 heteroatoms. The summed E-state index contributed by atoms with van der Waals surface area (Å²) < 4.78 is 36.9. The average Bonchev–Trinajstić information content (AvgIpc) is 1.84. The molecule has 0 amide bonds. The van der Waals surface area contributed by atoms with Gasteiger partial charge in [-0.05, 0) is 8.91 Å². The minimum absolute atomic E-state index is 0.299. The second-order valence-electron chi connectivity index (χ2n) is 1.04. The molecule has 4 nitrogen and oxygen atoms in total. The first-order chi connectivity index (χ1) is 4.12. The van der Waals surface area contributed by atoms with Crippen molar-refractivity contribution in [2.75, 3.05) is 6.61 Å². The average molecular weight is 156 g/mol. The first-order valence-electron chi connectivity index (χ1n) is 1.93. The molecule has 0 aliphatic carbocycles. The zero-order chi connectivity index (χ0) is 7.33. The summed E-state index contributed by atoms with van der Waals surface area (Å²) in [5.41, 5.74) is 0. The predicted molar refractivity (Wildman–Crippen MR) is 27.3 cm³/mol. The highest BCUT2D eigenvalue weighted by molar-refractivity contribution is 7.81.